The maximum atomic E-state index is 14.0. The zero-order valence-electron chi connectivity index (χ0n) is 20.2. The van der Waals surface area contributed by atoms with Crippen LogP contribution in [0.15, 0.2) is 82.5 Å². The molecule has 0 spiro atoms. The van der Waals surface area contributed by atoms with E-state index in [0.717, 1.165) is 12.1 Å². The van der Waals surface area contributed by atoms with Gasteiger partial charge in [-0.15, -0.1) is 11.8 Å². The van der Waals surface area contributed by atoms with Crippen molar-refractivity contribution in [3.05, 3.63) is 100 Å². The summed E-state index contributed by atoms with van der Waals surface area (Å²) in [5.41, 5.74) is -0.395. The van der Waals surface area contributed by atoms with E-state index in [4.69, 9.17) is 0 Å². The van der Waals surface area contributed by atoms with Crippen LogP contribution in [0, 0.1) is 17.0 Å². The molecule has 11 heteroatoms. The standard InChI is InChI=1S/C27H26F5N3OS2/c1-33-12-13-38-17-25(36)26(16-18-2-7-24(29)23(14-18)27(30,31)32)10-8-22(15-19(26)9-11-34-37)35-21-5-3-20(28)4-6-21/h2-8,12-15,34-35,37H,1,9-11,16-17H2/b13-12-. The van der Waals surface area contributed by atoms with Crippen molar-refractivity contribution in [2.45, 2.75) is 25.4 Å². The molecule has 3 rings (SSSR count). The first-order valence-electron chi connectivity index (χ1n) is 11.5. The molecule has 0 heterocycles. The zero-order chi connectivity index (χ0) is 27.8. The van der Waals surface area contributed by atoms with Crippen LogP contribution in [-0.2, 0) is 17.4 Å². The Kier molecular flexibility index (Phi) is 10.3. The molecule has 4 nitrogen and oxygen atoms in total. The first-order chi connectivity index (χ1) is 18.1. The van der Waals surface area contributed by atoms with E-state index < -0.39 is 23.0 Å². The van der Waals surface area contributed by atoms with Crippen LogP contribution in [0.1, 0.15) is 24.0 Å². The number of allylic oxidation sites excluding steroid dienone is 2. The maximum Gasteiger partial charge on any atom is 0.419 e. The fourth-order valence-electron chi connectivity index (χ4n) is 4.26. The second-order valence-electron chi connectivity index (χ2n) is 8.60. The van der Waals surface area contributed by atoms with E-state index >= 15 is 0 Å². The molecule has 202 valence electrons. The molecule has 2 aromatic carbocycles. The van der Waals surface area contributed by atoms with Gasteiger partial charge >= 0.3 is 6.18 Å². The quantitative estimate of drug-likeness (QED) is 0.145. The van der Waals surface area contributed by atoms with Crippen LogP contribution in [0.5, 0.6) is 0 Å². The number of carbonyl (C=O) groups is 1. The highest BCUT2D eigenvalue weighted by atomic mass is 32.2. The number of anilines is 1. The fraction of sp³-hybridized carbons (Fsp3) is 0.259. The smallest absolute Gasteiger partial charge is 0.356 e. The number of thioether (sulfide) groups is 1. The van der Waals surface area contributed by atoms with Gasteiger partial charge in [0.05, 0.1) is 16.7 Å². The van der Waals surface area contributed by atoms with Gasteiger partial charge in [-0.25, -0.2) is 8.78 Å². The predicted molar refractivity (Wildman–Crippen MR) is 146 cm³/mol. The third-order valence-electron chi connectivity index (χ3n) is 6.11. The molecule has 2 aromatic rings. The topological polar surface area (TPSA) is 53.5 Å². The number of alkyl halides is 3. The van der Waals surface area contributed by atoms with Crippen molar-refractivity contribution in [1.29, 1.82) is 0 Å². The highest BCUT2D eigenvalue weighted by Gasteiger charge is 2.43. The number of halogens is 5. The normalized spacial score (nSPS) is 17.7. The van der Waals surface area contributed by atoms with Crippen LogP contribution in [0.2, 0.25) is 0 Å². The van der Waals surface area contributed by atoms with E-state index in [1.807, 2.05) is 0 Å². The largest absolute Gasteiger partial charge is 0.419 e. The molecule has 0 fully saturated rings. The monoisotopic (exact) mass is 567 g/mol. The lowest BCUT2D eigenvalue weighted by molar-refractivity contribution is -0.140. The molecule has 0 saturated carbocycles. The lowest BCUT2D eigenvalue weighted by atomic mass is 9.66. The Morgan fingerprint density at radius 2 is 1.92 bits per heavy atom. The van der Waals surface area contributed by atoms with Crippen molar-refractivity contribution in [3.8, 4) is 0 Å². The van der Waals surface area contributed by atoms with Gasteiger partial charge in [0.15, 0.2) is 5.78 Å². The summed E-state index contributed by atoms with van der Waals surface area (Å²) in [4.78, 5) is 17.4. The first kappa shape index (κ1) is 29.7. The number of ketones is 1. The highest BCUT2D eigenvalue weighted by molar-refractivity contribution is 8.02. The van der Waals surface area contributed by atoms with E-state index in [-0.39, 0.29) is 35.8 Å². The summed E-state index contributed by atoms with van der Waals surface area (Å²) in [5, 5.41) is 4.79. The zero-order valence-corrected chi connectivity index (χ0v) is 21.9. The lowest BCUT2D eigenvalue weighted by Crippen LogP contribution is -2.39. The molecule has 0 amide bonds. The van der Waals surface area contributed by atoms with E-state index in [9.17, 15) is 26.7 Å². The third-order valence-corrected chi connectivity index (χ3v) is 7.07. The number of hydrogen-bond acceptors (Lipinski definition) is 6. The van der Waals surface area contributed by atoms with Crippen molar-refractivity contribution in [1.82, 2.24) is 4.72 Å². The molecule has 2 N–H and O–H groups in total. The molecule has 1 aliphatic carbocycles. The Morgan fingerprint density at radius 3 is 2.58 bits per heavy atom. The fourth-order valence-corrected chi connectivity index (χ4v) is 5.07. The number of nitrogens with one attached hydrogen (secondary N) is 2. The Labute approximate surface area is 227 Å². The minimum absolute atomic E-state index is 0.0412. The molecule has 0 saturated heterocycles. The molecule has 1 atom stereocenters. The molecule has 0 radical (unpaired) electrons. The van der Waals surface area contributed by atoms with E-state index in [0.29, 0.717) is 29.9 Å². The second-order valence-corrected chi connectivity index (χ2v) is 9.81. The summed E-state index contributed by atoms with van der Waals surface area (Å²) < 4.78 is 70.3. The number of Topliss-reactive ketones (excluding diaryl/α,β-unsaturated/α-hetero) is 1. The van der Waals surface area contributed by atoms with Crippen molar-refractivity contribution < 1.29 is 26.7 Å². The van der Waals surface area contributed by atoms with Crippen molar-refractivity contribution >= 4 is 42.8 Å². The van der Waals surface area contributed by atoms with E-state index in [1.54, 1.807) is 29.7 Å². The molecule has 1 aliphatic rings. The average molecular weight is 568 g/mol. The number of hydrogen-bond donors (Lipinski definition) is 3. The second kappa shape index (κ2) is 13.3. The van der Waals surface area contributed by atoms with Crippen LogP contribution in [-0.4, -0.2) is 24.8 Å². The van der Waals surface area contributed by atoms with Crippen molar-refractivity contribution in [2.75, 3.05) is 17.6 Å². The summed E-state index contributed by atoms with van der Waals surface area (Å²) in [6, 6.07) is 8.58. The number of aliphatic imine (C=N–C) groups is 1. The maximum absolute atomic E-state index is 14.0. The summed E-state index contributed by atoms with van der Waals surface area (Å²) in [7, 11) is 0. The summed E-state index contributed by atoms with van der Waals surface area (Å²) in [6.07, 6.45) is 0.652. The van der Waals surface area contributed by atoms with Crippen LogP contribution < -0.4 is 10.0 Å². The Morgan fingerprint density at radius 1 is 1.18 bits per heavy atom. The molecule has 0 bridgehead atoms. The van der Waals surface area contributed by atoms with Gasteiger partial charge in [-0.1, -0.05) is 30.5 Å². The Hall–Kier alpha value is -2.89. The van der Waals surface area contributed by atoms with Gasteiger partial charge in [-0.2, -0.15) is 13.2 Å². The predicted octanol–water partition coefficient (Wildman–Crippen LogP) is 7.14. The minimum Gasteiger partial charge on any atom is -0.356 e. The lowest BCUT2D eigenvalue weighted by Gasteiger charge is -2.37. The van der Waals surface area contributed by atoms with Crippen LogP contribution >= 0.6 is 24.6 Å². The number of carbonyl (C=O) groups excluding carboxylic acids is 1. The number of benzene rings is 2. The highest BCUT2D eigenvalue weighted by Crippen LogP contribution is 2.44. The number of nitrogens with zero attached hydrogens (tertiary/aromatic N) is 1. The van der Waals surface area contributed by atoms with Gasteiger partial charge in [0.25, 0.3) is 0 Å². The summed E-state index contributed by atoms with van der Waals surface area (Å²) in [5.74, 6) is -1.91. The third kappa shape index (κ3) is 7.58. The Bertz CT molecular complexity index is 1240. The molecule has 1 unspecified atom stereocenters. The van der Waals surface area contributed by atoms with Crippen molar-refractivity contribution in [2.24, 2.45) is 10.4 Å². The number of rotatable bonds is 12. The Balaban J connectivity index is 2.02. The molecule has 0 aromatic heterocycles. The summed E-state index contributed by atoms with van der Waals surface area (Å²) >= 11 is 5.25. The minimum atomic E-state index is -4.87. The molecule has 0 aliphatic heterocycles. The van der Waals surface area contributed by atoms with E-state index in [1.165, 1.54) is 36.2 Å². The molecular weight excluding hydrogens is 541 g/mol. The van der Waals surface area contributed by atoms with Gasteiger partial charge in [0.1, 0.15) is 11.6 Å². The number of thiol groups is 1. The van der Waals surface area contributed by atoms with Gasteiger partial charge in [-0.05, 0) is 79.4 Å². The average Bonchev–Trinajstić information content (AvgIpc) is 2.88. The van der Waals surface area contributed by atoms with Crippen LogP contribution in [0.4, 0.5) is 27.6 Å². The van der Waals surface area contributed by atoms with Crippen molar-refractivity contribution in [3.63, 3.8) is 0 Å². The van der Waals surface area contributed by atoms with Gasteiger partial charge in [-0.3, -0.25) is 14.5 Å². The molecule has 38 heavy (non-hydrogen) atoms. The van der Waals surface area contributed by atoms with Gasteiger partial charge < -0.3 is 5.32 Å². The van der Waals surface area contributed by atoms with Gasteiger partial charge in [0.2, 0.25) is 0 Å². The SMILES string of the molecule is C=N/C=C\SCC(=O)C1(Cc2ccc(F)c(C(F)(F)F)c2)CC=C(Nc2ccc(F)cc2)C=C1CCNS. The van der Waals surface area contributed by atoms with Gasteiger partial charge in [0, 0.05) is 24.1 Å². The first-order valence-corrected chi connectivity index (χ1v) is 13.0. The summed E-state index contributed by atoms with van der Waals surface area (Å²) in [6.45, 7) is 3.74. The van der Waals surface area contributed by atoms with Crippen LogP contribution in [0.25, 0.3) is 0 Å². The van der Waals surface area contributed by atoms with E-state index in [2.05, 4.69) is 34.6 Å². The van der Waals surface area contributed by atoms with Crippen LogP contribution in [0.3, 0.4) is 0 Å². The molecular formula is C27H26F5N3OS2.